The average Bonchev–Trinajstić information content (AvgIpc) is 2.51. The van der Waals surface area contributed by atoms with E-state index in [1.54, 1.807) is 36.4 Å². The molecule has 0 bridgehead atoms. The molecule has 6 heteroatoms. The fraction of sp³-hybridized carbons (Fsp3) is 0.263. The summed E-state index contributed by atoms with van der Waals surface area (Å²) in [6.45, 7) is 4.00. The maximum atomic E-state index is 12.0. The quantitative estimate of drug-likeness (QED) is 0.683. The molecule has 0 saturated carbocycles. The standard InChI is InChI=1S/C19H23N3O2.ClH/c1-13(2)11-18(23)21-16-7-9-17(10-8-16)22-19(24)12-14-3-5-15(20)6-4-14;/h3-10,13H,11-12,20H2,1-2H3,(H,21,23)(H,22,24);1H. The Morgan fingerprint density at radius 1 is 0.880 bits per heavy atom. The van der Waals surface area contributed by atoms with E-state index in [1.807, 2.05) is 26.0 Å². The van der Waals surface area contributed by atoms with Gasteiger partial charge in [0.1, 0.15) is 0 Å². The Morgan fingerprint density at radius 2 is 1.36 bits per heavy atom. The van der Waals surface area contributed by atoms with E-state index in [0.717, 1.165) is 11.3 Å². The van der Waals surface area contributed by atoms with Gasteiger partial charge in [-0.3, -0.25) is 9.59 Å². The van der Waals surface area contributed by atoms with Crippen LogP contribution in [0.2, 0.25) is 0 Å². The van der Waals surface area contributed by atoms with Gasteiger partial charge in [0.05, 0.1) is 6.42 Å². The van der Waals surface area contributed by atoms with Crippen molar-refractivity contribution in [3.8, 4) is 0 Å². The van der Waals surface area contributed by atoms with Crippen LogP contribution in [0.15, 0.2) is 48.5 Å². The normalized spacial score (nSPS) is 10.0. The lowest BCUT2D eigenvalue weighted by Gasteiger charge is -2.09. The molecule has 2 amide bonds. The van der Waals surface area contributed by atoms with Crippen LogP contribution in [0.25, 0.3) is 0 Å². The molecule has 0 atom stereocenters. The van der Waals surface area contributed by atoms with Gasteiger partial charge >= 0.3 is 0 Å². The first-order chi connectivity index (χ1) is 11.4. The average molecular weight is 362 g/mol. The van der Waals surface area contributed by atoms with Crippen molar-refractivity contribution < 1.29 is 9.59 Å². The minimum absolute atomic E-state index is 0. The molecule has 0 aliphatic heterocycles. The van der Waals surface area contributed by atoms with Crippen LogP contribution in [-0.4, -0.2) is 11.8 Å². The Labute approximate surface area is 154 Å². The van der Waals surface area contributed by atoms with Gasteiger partial charge in [0.2, 0.25) is 11.8 Å². The molecule has 5 nitrogen and oxygen atoms in total. The van der Waals surface area contributed by atoms with E-state index in [1.165, 1.54) is 0 Å². The van der Waals surface area contributed by atoms with Crippen molar-refractivity contribution in [3.05, 3.63) is 54.1 Å². The van der Waals surface area contributed by atoms with E-state index in [2.05, 4.69) is 10.6 Å². The van der Waals surface area contributed by atoms with Crippen molar-refractivity contribution >= 4 is 41.3 Å². The van der Waals surface area contributed by atoms with Gasteiger partial charge in [-0.15, -0.1) is 12.4 Å². The van der Waals surface area contributed by atoms with Gasteiger partial charge in [0.15, 0.2) is 0 Å². The van der Waals surface area contributed by atoms with Crippen LogP contribution < -0.4 is 16.4 Å². The molecular weight excluding hydrogens is 338 g/mol. The van der Waals surface area contributed by atoms with Crippen LogP contribution in [-0.2, 0) is 16.0 Å². The van der Waals surface area contributed by atoms with E-state index in [9.17, 15) is 9.59 Å². The third-order valence-electron chi connectivity index (χ3n) is 3.39. The highest BCUT2D eigenvalue weighted by Crippen LogP contribution is 2.15. The lowest BCUT2D eigenvalue weighted by molar-refractivity contribution is -0.117. The number of amides is 2. The lowest BCUT2D eigenvalue weighted by Crippen LogP contribution is -2.15. The van der Waals surface area contributed by atoms with Gasteiger partial charge in [-0.1, -0.05) is 26.0 Å². The Morgan fingerprint density at radius 3 is 1.84 bits per heavy atom. The zero-order valence-electron chi connectivity index (χ0n) is 14.4. The van der Waals surface area contributed by atoms with Crippen molar-refractivity contribution in [2.24, 2.45) is 5.92 Å². The number of anilines is 3. The van der Waals surface area contributed by atoms with Crippen LogP contribution in [0.4, 0.5) is 17.1 Å². The highest BCUT2D eigenvalue weighted by molar-refractivity contribution is 5.93. The number of nitrogens with two attached hydrogens (primary N) is 1. The van der Waals surface area contributed by atoms with Gasteiger partial charge in [-0.2, -0.15) is 0 Å². The first kappa shape index (κ1) is 20.5. The second kappa shape index (κ2) is 9.69. The maximum absolute atomic E-state index is 12.0. The summed E-state index contributed by atoms with van der Waals surface area (Å²) < 4.78 is 0. The van der Waals surface area contributed by atoms with Gasteiger partial charge < -0.3 is 16.4 Å². The second-order valence-corrected chi connectivity index (χ2v) is 6.19. The molecule has 0 heterocycles. The van der Waals surface area contributed by atoms with Crippen molar-refractivity contribution in [1.29, 1.82) is 0 Å². The first-order valence-corrected chi connectivity index (χ1v) is 7.96. The largest absolute Gasteiger partial charge is 0.399 e. The Bertz CT molecular complexity index is 698. The van der Waals surface area contributed by atoms with E-state index >= 15 is 0 Å². The SMILES string of the molecule is CC(C)CC(=O)Nc1ccc(NC(=O)Cc2ccc(N)cc2)cc1.Cl. The van der Waals surface area contributed by atoms with Crippen LogP contribution in [0.5, 0.6) is 0 Å². The number of halogens is 1. The summed E-state index contributed by atoms with van der Waals surface area (Å²) in [5.41, 5.74) is 8.61. The monoisotopic (exact) mass is 361 g/mol. The lowest BCUT2D eigenvalue weighted by atomic mass is 10.1. The van der Waals surface area contributed by atoms with Crippen LogP contribution >= 0.6 is 12.4 Å². The van der Waals surface area contributed by atoms with Gasteiger partial charge in [0.25, 0.3) is 0 Å². The van der Waals surface area contributed by atoms with Crippen molar-refractivity contribution in [2.45, 2.75) is 26.7 Å². The fourth-order valence-electron chi connectivity index (χ4n) is 2.25. The molecule has 134 valence electrons. The molecule has 25 heavy (non-hydrogen) atoms. The number of carbonyl (C=O) groups is 2. The van der Waals surface area contributed by atoms with E-state index < -0.39 is 0 Å². The summed E-state index contributed by atoms with van der Waals surface area (Å²) in [6, 6.07) is 14.3. The third kappa shape index (κ3) is 7.27. The first-order valence-electron chi connectivity index (χ1n) is 7.96. The van der Waals surface area contributed by atoms with Crippen molar-refractivity contribution in [2.75, 3.05) is 16.4 Å². The molecule has 0 radical (unpaired) electrons. The molecule has 0 fully saturated rings. The summed E-state index contributed by atoms with van der Waals surface area (Å²) in [5.74, 6) is 0.207. The van der Waals surface area contributed by atoms with Crippen LogP contribution in [0.1, 0.15) is 25.8 Å². The predicted octanol–water partition coefficient (Wildman–Crippen LogP) is 3.86. The van der Waals surface area contributed by atoms with Crippen molar-refractivity contribution in [3.63, 3.8) is 0 Å². The highest BCUT2D eigenvalue weighted by Gasteiger charge is 2.07. The van der Waals surface area contributed by atoms with Gasteiger partial charge in [0, 0.05) is 23.5 Å². The number of hydrogen-bond acceptors (Lipinski definition) is 3. The molecule has 0 spiro atoms. The zero-order valence-corrected chi connectivity index (χ0v) is 15.2. The molecule has 2 aromatic carbocycles. The van der Waals surface area contributed by atoms with E-state index in [0.29, 0.717) is 23.7 Å². The number of rotatable bonds is 6. The van der Waals surface area contributed by atoms with E-state index in [-0.39, 0.29) is 30.6 Å². The summed E-state index contributed by atoms with van der Waals surface area (Å²) >= 11 is 0. The number of benzene rings is 2. The molecule has 4 N–H and O–H groups in total. The van der Waals surface area contributed by atoms with E-state index in [4.69, 9.17) is 5.73 Å². The highest BCUT2D eigenvalue weighted by atomic mass is 35.5. The summed E-state index contributed by atoms with van der Waals surface area (Å²) in [4.78, 5) is 23.8. The molecular formula is C19H24ClN3O2. The number of nitrogen functional groups attached to an aromatic ring is 1. The van der Waals surface area contributed by atoms with Crippen LogP contribution in [0.3, 0.4) is 0 Å². The molecule has 0 saturated heterocycles. The third-order valence-corrected chi connectivity index (χ3v) is 3.39. The molecule has 0 aliphatic rings. The Hall–Kier alpha value is -2.53. The fourth-order valence-corrected chi connectivity index (χ4v) is 2.25. The number of carbonyl (C=O) groups excluding carboxylic acids is 2. The van der Waals surface area contributed by atoms with Crippen LogP contribution in [0, 0.1) is 5.92 Å². The Kier molecular flexibility index (Phi) is 7.95. The summed E-state index contributed by atoms with van der Waals surface area (Å²) in [7, 11) is 0. The van der Waals surface area contributed by atoms with Crippen molar-refractivity contribution in [1.82, 2.24) is 0 Å². The minimum Gasteiger partial charge on any atom is -0.399 e. The minimum atomic E-state index is -0.101. The summed E-state index contributed by atoms with van der Waals surface area (Å²) in [6.07, 6.45) is 0.771. The Balaban J connectivity index is 0.00000312. The second-order valence-electron chi connectivity index (χ2n) is 6.19. The van der Waals surface area contributed by atoms with Gasteiger partial charge in [-0.25, -0.2) is 0 Å². The molecule has 0 unspecified atom stereocenters. The predicted molar refractivity (Wildman–Crippen MR) is 105 cm³/mol. The summed E-state index contributed by atoms with van der Waals surface area (Å²) in [5, 5.41) is 5.67. The molecule has 2 aromatic rings. The molecule has 2 rings (SSSR count). The maximum Gasteiger partial charge on any atom is 0.228 e. The topological polar surface area (TPSA) is 84.2 Å². The molecule has 0 aliphatic carbocycles. The smallest absolute Gasteiger partial charge is 0.228 e. The number of hydrogen-bond donors (Lipinski definition) is 3. The van der Waals surface area contributed by atoms with Gasteiger partial charge in [-0.05, 0) is 47.9 Å². The molecule has 0 aromatic heterocycles. The number of nitrogens with one attached hydrogen (secondary N) is 2. The zero-order chi connectivity index (χ0) is 17.5.